The van der Waals surface area contributed by atoms with Crippen LogP contribution in [0.5, 0.6) is 0 Å². The van der Waals surface area contributed by atoms with E-state index < -0.39 is 53.3 Å². The Kier molecular flexibility index (Phi) is 5.90. The highest BCUT2D eigenvalue weighted by molar-refractivity contribution is 6.04. The summed E-state index contributed by atoms with van der Waals surface area (Å²) in [6.07, 6.45) is 0. The maximum Gasteiger partial charge on any atom is 0.251 e. The summed E-state index contributed by atoms with van der Waals surface area (Å²) in [6, 6.07) is 0.0768. The minimum Gasteiger partial charge on any atom is -0.366 e. The van der Waals surface area contributed by atoms with Crippen LogP contribution in [0, 0.1) is 11.6 Å². The average Bonchev–Trinajstić information content (AvgIpc) is 2.41. The predicted molar refractivity (Wildman–Crippen MR) is 71.2 cm³/mol. The second-order valence-electron chi connectivity index (χ2n) is 4.26. The molecule has 3 amide bonds. The van der Waals surface area contributed by atoms with E-state index in [1.807, 2.05) is 0 Å². The fraction of sp³-hybridized carbons (Fsp3) is 0.250. The molecule has 1 atom stereocenters. The van der Waals surface area contributed by atoms with Gasteiger partial charge in [0.2, 0.25) is 11.8 Å². The van der Waals surface area contributed by atoms with Crippen molar-refractivity contribution in [2.24, 2.45) is 11.6 Å². The van der Waals surface area contributed by atoms with Crippen LogP contribution < -0.4 is 22.3 Å². The van der Waals surface area contributed by atoms with E-state index in [4.69, 9.17) is 11.6 Å². The first-order valence-corrected chi connectivity index (χ1v) is 5.97. The third kappa shape index (κ3) is 4.46. The van der Waals surface area contributed by atoms with Gasteiger partial charge in [0, 0.05) is 6.07 Å². The van der Waals surface area contributed by atoms with Crippen LogP contribution in [0.4, 0.5) is 14.5 Å². The number of carbonyl (C=O) groups excluding carboxylic acids is 3. The maximum atomic E-state index is 13.7. The molecule has 0 heterocycles. The third-order valence-corrected chi connectivity index (χ3v) is 2.55. The van der Waals surface area contributed by atoms with Crippen LogP contribution in [0.25, 0.3) is 0 Å². The summed E-state index contributed by atoms with van der Waals surface area (Å²) in [5.74, 6) is -0.156. The largest absolute Gasteiger partial charge is 0.366 e. The Balaban J connectivity index is 2.92. The van der Waals surface area contributed by atoms with Crippen molar-refractivity contribution in [1.29, 1.82) is 0 Å². The van der Waals surface area contributed by atoms with Crippen molar-refractivity contribution in [3.8, 4) is 0 Å². The van der Waals surface area contributed by atoms with Gasteiger partial charge in [0.05, 0.1) is 11.3 Å². The molecule has 6 N–H and O–H groups in total. The van der Waals surface area contributed by atoms with E-state index in [-0.39, 0.29) is 0 Å². The zero-order chi connectivity index (χ0) is 16.9. The first kappa shape index (κ1) is 17.5. The molecule has 0 aliphatic rings. The van der Waals surface area contributed by atoms with Crippen LogP contribution in [0.15, 0.2) is 12.1 Å². The first-order chi connectivity index (χ1) is 10.3. The van der Waals surface area contributed by atoms with Gasteiger partial charge in [-0.2, -0.15) is 0 Å². The molecule has 0 spiro atoms. The highest BCUT2D eigenvalue weighted by Crippen LogP contribution is 2.21. The van der Waals surface area contributed by atoms with Crippen molar-refractivity contribution in [3.63, 3.8) is 0 Å². The lowest BCUT2D eigenvalue weighted by Crippen LogP contribution is -2.43. The summed E-state index contributed by atoms with van der Waals surface area (Å²) in [7, 11) is 0. The number of anilines is 1. The molecule has 0 aliphatic heterocycles. The van der Waals surface area contributed by atoms with Crippen LogP contribution in [-0.4, -0.2) is 30.4 Å². The van der Waals surface area contributed by atoms with Crippen molar-refractivity contribution in [1.82, 2.24) is 5.32 Å². The van der Waals surface area contributed by atoms with Crippen LogP contribution in [0.2, 0.25) is 0 Å². The van der Waals surface area contributed by atoms with Crippen LogP contribution in [0.1, 0.15) is 17.3 Å². The lowest BCUT2D eigenvalue weighted by Gasteiger charge is -2.15. The Morgan fingerprint density at radius 2 is 1.95 bits per heavy atom. The van der Waals surface area contributed by atoms with Gasteiger partial charge in [-0.1, -0.05) is 0 Å². The summed E-state index contributed by atoms with van der Waals surface area (Å²) in [5, 5.41) is 4.28. The third-order valence-electron chi connectivity index (χ3n) is 2.55. The molecule has 1 rings (SSSR count). The van der Waals surface area contributed by atoms with Gasteiger partial charge in [-0.05, 0) is 13.0 Å². The molecule has 0 bridgehead atoms. The molecule has 120 valence electrons. The normalized spacial score (nSPS) is 11.6. The summed E-state index contributed by atoms with van der Waals surface area (Å²) in [6.45, 7) is 0.824. The quantitative estimate of drug-likeness (QED) is 0.519. The zero-order valence-corrected chi connectivity index (χ0v) is 11.5. The number of primary amides is 1. The van der Waals surface area contributed by atoms with Gasteiger partial charge >= 0.3 is 0 Å². The molecule has 0 aromatic heterocycles. The second kappa shape index (κ2) is 7.43. The average molecular weight is 316 g/mol. The molecular weight excluding hydrogens is 302 g/mol. The smallest absolute Gasteiger partial charge is 0.251 e. The van der Waals surface area contributed by atoms with E-state index >= 15 is 0 Å². The molecule has 0 aliphatic carbocycles. The summed E-state index contributed by atoms with van der Waals surface area (Å²) in [5.41, 5.74) is 3.89. The lowest BCUT2D eigenvalue weighted by atomic mass is 10.1. The molecular formula is C12H14F2N4O4. The highest BCUT2D eigenvalue weighted by atomic mass is 19.1. The Morgan fingerprint density at radius 1 is 1.32 bits per heavy atom. The Morgan fingerprint density at radius 3 is 2.50 bits per heavy atom. The van der Waals surface area contributed by atoms with E-state index in [2.05, 4.69) is 15.5 Å². The van der Waals surface area contributed by atoms with E-state index in [9.17, 15) is 23.2 Å². The summed E-state index contributed by atoms with van der Waals surface area (Å²) >= 11 is 0. The number of nitrogens with two attached hydrogens (primary N) is 2. The number of carbonyl (C=O) groups is 3. The highest BCUT2D eigenvalue weighted by Gasteiger charge is 2.21. The lowest BCUT2D eigenvalue weighted by molar-refractivity contribution is -0.129. The Bertz CT molecular complexity index is 609. The van der Waals surface area contributed by atoms with Crippen LogP contribution >= 0.6 is 0 Å². The monoisotopic (exact) mass is 316 g/mol. The molecule has 0 saturated carbocycles. The molecule has 0 radical (unpaired) electrons. The molecule has 22 heavy (non-hydrogen) atoms. The second-order valence-corrected chi connectivity index (χ2v) is 4.26. The topological polar surface area (TPSA) is 137 Å². The van der Waals surface area contributed by atoms with E-state index in [1.54, 1.807) is 0 Å². The number of halogens is 2. The summed E-state index contributed by atoms with van der Waals surface area (Å²) < 4.78 is 26.8. The van der Waals surface area contributed by atoms with Crippen LogP contribution in [-0.2, 0) is 14.4 Å². The standard InChI is InChI=1S/C12H14F2N4O4/c1-5(17-9(19)4-22-16)12(21)18-10-7(11(15)20)2-6(13)3-8(10)14/h2-3,5H,4,16H2,1H3,(H2,15,20)(H,17,19)(H,18,21). The van der Waals surface area contributed by atoms with Crippen molar-refractivity contribution in [2.75, 3.05) is 11.9 Å². The Hall–Kier alpha value is -2.59. The van der Waals surface area contributed by atoms with Crippen molar-refractivity contribution in [2.45, 2.75) is 13.0 Å². The molecule has 0 fully saturated rings. The van der Waals surface area contributed by atoms with Crippen molar-refractivity contribution in [3.05, 3.63) is 29.3 Å². The van der Waals surface area contributed by atoms with E-state index in [0.29, 0.717) is 12.1 Å². The predicted octanol–water partition coefficient (Wildman–Crippen LogP) is -0.603. The molecule has 1 aromatic rings. The van der Waals surface area contributed by atoms with Gasteiger partial charge in [-0.15, -0.1) is 0 Å². The van der Waals surface area contributed by atoms with Gasteiger partial charge in [0.15, 0.2) is 0 Å². The minimum absolute atomic E-state index is 0.477. The van der Waals surface area contributed by atoms with Crippen LogP contribution in [0.3, 0.4) is 0 Å². The number of benzene rings is 1. The maximum absolute atomic E-state index is 13.7. The van der Waals surface area contributed by atoms with Gasteiger partial charge < -0.3 is 16.4 Å². The fourth-order valence-corrected chi connectivity index (χ4v) is 1.55. The SMILES string of the molecule is CC(NC(=O)CON)C(=O)Nc1c(F)cc(F)cc1C(N)=O. The van der Waals surface area contributed by atoms with Gasteiger partial charge in [0.25, 0.3) is 5.91 Å². The molecule has 1 aromatic carbocycles. The van der Waals surface area contributed by atoms with Crippen molar-refractivity contribution < 1.29 is 28.0 Å². The van der Waals surface area contributed by atoms with E-state index in [1.165, 1.54) is 6.92 Å². The minimum atomic E-state index is -1.18. The number of hydrogen-bond acceptors (Lipinski definition) is 5. The zero-order valence-electron chi connectivity index (χ0n) is 11.5. The van der Waals surface area contributed by atoms with Crippen molar-refractivity contribution >= 4 is 23.4 Å². The first-order valence-electron chi connectivity index (χ1n) is 5.97. The number of nitrogens with one attached hydrogen (secondary N) is 2. The Labute approximate surface area is 123 Å². The number of hydrogen-bond donors (Lipinski definition) is 4. The molecule has 0 saturated heterocycles. The molecule has 8 nitrogen and oxygen atoms in total. The fourth-order valence-electron chi connectivity index (χ4n) is 1.55. The number of rotatable bonds is 6. The molecule has 10 heteroatoms. The molecule has 1 unspecified atom stereocenters. The van der Waals surface area contributed by atoms with Gasteiger partial charge in [-0.3, -0.25) is 19.2 Å². The number of amides is 3. The van der Waals surface area contributed by atoms with E-state index in [0.717, 1.165) is 0 Å². The van der Waals surface area contributed by atoms with Gasteiger partial charge in [-0.25, -0.2) is 14.7 Å². The summed E-state index contributed by atoms with van der Waals surface area (Å²) in [4.78, 5) is 38.3. The van der Waals surface area contributed by atoms with Gasteiger partial charge in [0.1, 0.15) is 24.3 Å².